The number of rotatable bonds is 3. The second kappa shape index (κ2) is 4.24. The van der Waals surface area contributed by atoms with Gasteiger partial charge in [-0.25, -0.2) is 0 Å². The van der Waals surface area contributed by atoms with Crippen LogP contribution in [0.3, 0.4) is 0 Å². The summed E-state index contributed by atoms with van der Waals surface area (Å²) in [7, 11) is 0. The maximum Gasteiger partial charge on any atom is -0.0300 e. The van der Waals surface area contributed by atoms with Crippen molar-refractivity contribution >= 4 is 0 Å². The van der Waals surface area contributed by atoms with Gasteiger partial charge in [0.15, 0.2) is 0 Å². The van der Waals surface area contributed by atoms with Gasteiger partial charge in [-0.1, -0.05) is 52.4 Å². The second-order valence-corrected chi connectivity index (χ2v) is 5.75. The van der Waals surface area contributed by atoms with Crippen molar-refractivity contribution in [2.45, 2.75) is 71.6 Å². The fraction of sp³-hybridized carbons (Fsp3) is 1.00. The fourth-order valence-corrected chi connectivity index (χ4v) is 3.98. The zero-order chi connectivity index (χ0) is 10.0. The first kappa shape index (κ1) is 10.5. The van der Waals surface area contributed by atoms with Gasteiger partial charge in [0.05, 0.1) is 0 Å². The molecule has 0 aliphatic heterocycles. The summed E-state index contributed by atoms with van der Waals surface area (Å²) in [5.74, 6) is 2.23. The summed E-state index contributed by atoms with van der Waals surface area (Å²) >= 11 is 0. The van der Waals surface area contributed by atoms with Crippen molar-refractivity contribution in [2.75, 3.05) is 0 Å². The summed E-state index contributed by atoms with van der Waals surface area (Å²) in [5, 5.41) is 0. The molecule has 0 N–H and O–H groups in total. The van der Waals surface area contributed by atoms with E-state index in [1.165, 1.54) is 32.1 Å². The fourth-order valence-electron chi connectivity index (χ4n) is 3.98. The van der Waals surface area contributed by atoms with Crippen molar-refractivity contribution in [1.29, 1.82) is 0 Å². The van der Waals surface area contributed by atoms with Gasteiger partial charge in [-0.15, -0.1) is 0 Å². The van der Waals surface area contributed by atoms with Gasteiger partial charge in [0.2, 0.25) is 0 Å². The Labute approximate surface area is 89.5 Å². The smallest absolute Gasteiger partial charge is 0.0300 e. The molecule has 0 heterocycles. The summed E-state index contributed by atoms with van der Waals surface area (Å²) < 4.78 is 0. The average molecular weight is 194 g/mol. The molecule has 2 aliphatic carbocycles. The van der Waals surface area contributed by atoms with Gasteiger partial charge in [0.1, 0.15) is 0 Å². The van der Waals surface area contributed by atoms with E-state index in [1.807, 2.05) is 0 Å². The van der Waals surface area contributed by atoms with E-state index in [4.69, 9.17) is 0 Å². The highest BCUT2D eigenvalue weighted by Gasteiger charge is 2.39. The first-order valence-corrected chi connectivity index (χ1v) is 6.79. The average Bonchev–Trinajstić information content (AvgIpc) is 2.87. The van der Waals surface area contributed by atoms with Crippen LogP contribution in [0, 0.1) is 17.3 Å². The quantitative estimate of drug-likeness (QED) is 0.606. The van der Waals surface area contributed by atoms with Crippen molar-refractivity contribution in [2.24, 2.45) is 17.3 Å². The Morgan fingerprint density at radius 2 is 1.57 bits per heavy atom. The standard InChI is InChI=1S/C14H26/c1-3-14(4-2)10-9-13(11-14)12-7-5-6-8-12/h12-13H,3-11H2,1-2H3. The van der Waals surface area contributed by atoms with Crippen molar-refractivity contribution < 1.29 is 0 Å². The molecule has 14 heavy (non-hydrogen) atoms. The lowest BCUT2D eigenvalue weighted by molar-refractivity contribution is 0.238. The molecular weight excluding hydrogens is 168 g/mol. The van der Waals surface area contributed by atoms with Gasteiger partial charge in [-0.05, 0) is 36.5 Å². The highest BCUT2D eigenvalue weighted by atomic mass is 14.4. The van der Waals surface area contributed by atoms with Gasteiger partial charge < -0.3 is 0 Å². The molecule has 0 bridgehead atoms. The number of hydrogen-bond acceptors (Lipinski definition) is 0. The minimum Gasteiger partial charge on any atom is -0.0649 e. The lowest BCUT2D eigenvalue weighted by Crippen LogP contribution is -2.16. The van der Waals surface area contributed by atoms with Crippen LogP contribution in [0.4, 0.5) is 0 Å². The van der Waals surface area contributed by atoms with E-state index in [9.17, 15) is 0 Å². The number of hydrogen-bond donors (Lipinski definition) is 0. The summed E-state index contributed by atoms with van der Waals surface area (Å²) in [4.78, 5) is 0. The molecule has 0 aromatic rings. The van der Waals surface area contributed by atoms with Crippen molar-refractivity contribution in [1.82, 2.24) is 0 Å². The van der Waals surface area contributed by atoms with E-state index in [0.29, 0.717) is 0 Å². The van der Waals surface area contributed by atoms with E-state index >= 15 is 0 Å². The Morgan fingerprint density at radius 3 is 2.07 bits per heavy atom. The Balaban J connectivity index is 1.92. The van der Waals surface area contributed by atoms with E-state index in [2.05, 4.69) is 13.8 Å². The highest BCUT2D eigenvalue weighted by Crippen LogP contribution is 2.51. The molecule has 0 heteroatoms. The molecule has 82 valence electrons. The van der Waals surface area contributed by atoms with E-state index in [1.54, 1.807) is 25.7 Å². The largest absolute Gasteiger partial charge is 0.0649 e. The maximum atomic E-state index is 2.40. The van der Waals surface area contributed by atoms with Crippen LogP contribution < -0.4 is 0 Å². The Bertz CT molecular complexity index is 172. The summed E-state index contributed by atoms with van der Waals surface area (Å²) in [6.07, 6.45) is 13.6. The van der Waals surface area contributed by atoms with Crippen LogP contribution in [0.1, 0.15) is 71.6 Å². The molecular formula is C14H26. The normalized spacial score (nSPS) is 32.6. The Kier molecular flexibility index (Phi) is 3.19. The third-order valence-corrected chi connectivity index (χ3v) is 5.31. The summed E-state index contributed by atoms with van der Waals surface area (Å²) in [6.45, 7) is 4.81. The molecule has 0 amide bonds. The molecule has 2 aliphatic rings. The zero-order valence-electron chi connectivity index (χ0n) is 10.0. The predicted octanol–water partition coefficient (Wildman–Crippen LogP) is 4.78. The molecule has 0 spiro atoms. The molecule has 0 nitrogen and oxygen atoms in total. The third-order valence-electron chi connectivity index (χ3n) is 5.31. The van der Waals surface area contributed by atoms with Gasteiger partial charge in [-0.2, -0.15) is 0 Å². The van der Waals surface area contributed by atoms with Gasteiger partial charge in [0, 0.05) is 0 Å². The Hall–Kier alpha value is 0. The van der Waals surface area contributed by atoms with Crippen LogP contribution in [0.15, 0.2) is 0 Å². The molecule has 0 aromatic carbocycles. The lowest BCUT2D eigenvalue weighted by Gasteiger charge is -2.27. The summed E-state index contributed by atoms with van der Waals surface area (Å²) in [6, 6.07) is 0. The van der Waals surface area contributed by atoms with Crippen LogP contribution in [0.2, 0.25) is 0 Å². The molecule has 2 fully saturated rings. The van der Waals surface area contributed by atoms with Crippen LogP contribution in [-0.4, -0.2) is 0 Å². The SMILES string of the molecule is CCC1(CC)CCC(C2CCCC2)C1. The van der Waals surface area contributed by atoms with E-state index in [-0.39, 0.29) is 0 Å². The van der Waals surface area contributed by atoms with Crippen LogP contribution >= 0.6 is 0 Å². The van der Waals surface area contributed by atoms with Gasteiger partial charge >= 0.3 is 0 Å². The zero-order valence-corrected chi connectivity index (χ0v) is 10.0. The molecule has 0 radical (unpaired) electrons. The summed E-state index contributed by atoms with van der Waals surface area (Å²) in [5.41, 5.74) is 0.757. The van der Waals surface area contributed by atoms with Crippen molar-refractivity contribution in [3.63, 3.8) is 0 Å². The topological polar surface area (TPSA) is 0 Å². The first-order valence-electron chi connectivity index (χ1n) is 6.79. The van der Waals surface area contributed by atoms with Crippen molar-refractivity contribution in [3.8, 4) is 0 Å². The van der Waals surface area contributed by atoms with Crippen molar-refractivity contribution in [3.05, 3.63) is 0 Å². The minimum atomic E-state index is 0.757. The Morgan fingerprint density at radius 1 is 0.929 bits per heavy atom. The van der Waals surface area contributed by atoms with Crippen LogP contribution in [-0.2, 0) is 0 Å². The van der Waals surface area contributed by atoms with E-state index in [0.717, 1.165) is 17.3 Å². The second-order valence-electron chi connectivity index (χ2n) is 5.75. The van der Waals surface area contributed by atoms with Gasteiger partial charge in [-0.3, -0.25) is 0 Å². The maximum absolute atomic E-state index is 2.40. The van der Waals surface area contributed by atoms with Gasteiger partial charge in [0.25, 0.3) is 0 Å². The molecule has 1 unspecified atom stereocenters. The third kappa shape index (κ3) is 1.85. The molecule has 2 saturated carbocycles. The monoisotopic (exact) mass is 194 g/mol. The minimum absolute atomic E-state index is 0.757. The first-order chi connectivity index (χ1) is 6.79. The highest BCUT2D eigenvalue weighted by molar-refractivity contribution is 4.90. The molecule has 0 aromatic heterocycles. The van der Waals surface area contributed by atoms with Crippen LogP contribution in [0.25, 0.3) is 0 Å². The molecule has 1 atom stereocenters. The molecule has 2 rings (SSSR count). The predicted molar refractivity (Wildman–Crippen MR) is 62.3 cm³/mol. The molecule has 0 saturated heterocycles. The lowest BCUT2D eigenvalue weighted by atomic mass is 9.78. The van der Waals surface area contributed by atoms with Crippen LogP contribution in [0.5, 0.6) is 0 Å². The van der Waals surface area contributed by atoms with E-state index < -0.39 is 0 Å².